The molecule has 1 rings (SSSR count). The molecule has 0 heterocycles. The topological polar surface area (TPSA) is 67.9 Å². The predicted molar refractivity (Wildman–Crippen MR) is 75.9 cm³/mol. The number of carbonyl (C=O) groups excluding carboxylic acids is 2. The van der Waals surface area contributed by atoms with E-state index in [0.29, 0.717) is 24.5 Å². The normalized spacial score (nSPS) is 9.75. The molecule has 0 aliphatic carbocycles. The number of hydrogen-bond acceptors (Lipinski definition) is 4. The van der Waals surface area contributed by atoms with Crippen molar-refractivity contribution < 1.29 is 19.1 Å². The first-order valence-corrected chi connectivity index (χ1v) is 6.46. The molecule has 110 valence electrons. The Morgan fingerprint density at radius 1 is 1.25 bits per heavy atom. The molecule has 20 heavy (non-hydrogen) atoms. The van der Waals surface area contributed by atoms with Crippen LogP contribution in [-0.4, -0.2) is 43.7 Å². The molecule has 0 atom stereocenters. The molecule has 1 aromatic carbocycles. The fourth-order valence-electron chi connectivity index (χ4n) is 1.58. The zero-order valence-electron chi connectivity index (χ0n) is 12.0. The molecule has 0 spiro atoms. The Kier molecular flexibility index (Phi) is 6.36. The number of hydrogen-bond donors (Lipinski definition) is 1. The number of ether oxygens (including phenoxy) is 2. The predicted octanol–water partition coefficient (Wildman–Crippen LogP) is 2.11. The van der Waals surface area contributed by atoms with Gasteiger partial charge >= 0.3 is 12.0 Å². The second-order valence-corrected chi connectivity index (χ2v) is 4.00. The Morgan fingerprint density at radius 3 is 2.55 bits per heavy atom. The van der Waals surface area contributed by atoms with E-state index in [0.717, 1.165) is 0 Å². The molecular formula is C14H20N2O4. The van der Waals surface area contributed by atoms with Gasteiger partial charge in [0.1, 0.15) is 5.75 Å². The average molecular weight is 280 g/mol. The van der Waals surface area contributed by atoms with Crippen molar-refractivity contribution in [1.29, 1.82) is 0 Å². The first-order chi connectivity index (χ1) is 9.60. The lowest BCUT2D eigenvalue weighted by Gasteiger charge is -2.19. The van der Waals surface area contributed by atoms with E-state index < -0.39 is 5.97 Å². The van der Waals surface area contributed by atoms with Crippen molar-refractivity contribution in [3.8, 4) is 5.75 Å². The summed E-state index contributed by atoms with van der Waals surface area (Å²) in [7, 11) is 1.30. The zero-order chi connectivity index (χ0) is 15.0. The van der Waals surface area contributed by atoms with Crippen molar-refractivity contribution in [3.63, 3.8) is 0 Å². The standard InChI is InChI=1S/C14H20N2O4/c1-4-16(5-2)14(18)15-11-7-6-8-12(9-11)20-10-13(17)19-3/h6-9H,4-5,10H2,1-3H3,(H,15,18). The second-order valence-electron chi connectivity index (χ2n) is 4.00. The zero-order valence-corrected chi connectivity index (χ0v) is 12.0. The van der Waals surface area contributed by atoms with Crippen LogP contribution in [0.4, 0.5) is 10.5 Å². The monoisotopic (exact) mass is 280 g/mol. The summed E-state index contributed by atoms with van der Waals surface area (Å²) in [4.78, 5) is 24.6. The largest absolute Gasteiger partial charge is 0.482 e. The Bertz CT molecular complexity index is 458. The Hall–Kier alpha value is -2.24. The van der Waals surface area contributed by atoms with Crippen LogP contribution in [0.15, 0.2) is 24.3 Å². The van der Waals surface area contributed by atoms with E-state index in [1.165, 1.54) is 7.11 Å². The number of benzene rings is 1. The Balaban J connectivity index is 2.63. The van der Waals surface area contributed by atoms with E-state index in [1.807, 2.05) is 13.8 Å². The number of urea groups is 1. The van der Waals surface area contributed by atoms with E-state index in [1.54, 1.807) is 29.2 Å². The van der Waals surface area contributed by atoms with E-state index in [9.17, 15) is 9.59 Å². The highest BCUT2D eigenvalue weighted by Crippen LogP contribution is 2.17. The fourth-order valence-corrected chi connectivity index (χ4v) is 1.58. The molecule has 0 unspecified atom stereocenters. The van der Waals surface area contributed by atoms with Gasteiger partial charge in [-0.2, -0.15) is 0 Å². The summed E-state index contributed by atoms with van der Waals surface area (Å²) in [6.45, 7) is 4.95. The minimum Gasteiger partial charge on any atom is -0.482 e. The van der Waals surface area contributed by atoms with E-state index in [-0.39, 0.29) is 12.6 Å². The lowest BCUT2D eigenvalue weighted by molar-refractivity contribution is -0.142. The maximum Gasteiger partial charge on any atom is 0.343 e. The van der Waals surface area contributed by atoms with Crippen molar-refractivity contribution in [2.24, 2.45) is 0 Å². The third kappa shape index (κ3) is 4.79. The summed E-state index contributed by atoms with van der Waals surface area (Å²) in [5.74, 6) is 0.0373. The van der Waals surface area contributed by atoms with Crippen LogP contribution in [0, 0.1) is 0 Å². The highest BCUT2D eigenvalue weighted by Gasteiger charge is 2.09. The lowest BCUT2D eigenvalue weighted by atomic mass is 10.3. The molecule has 2 amide bonds. The minimum absolute atomic E-state index is 0.163. The van der Waals surface area contributed by atoms with Crippen LogP contribution in [0.2, 0.25) is 0 Å². The third-order valence-corrected chi connectivity index (χ3v) is 2.72. The van der Waals surface area contributed by atoms with Crippen LogP contribution in [0.5, 0.6) is 5.75 Å². The van der Waals surface area contributed by atoms with Gasteiger partial charge in [0.2, 0.25) is 0 Å². The van der Waals surface area contributed by atoms with Crippen LogP contribution >= 0.6 is 0 Å². The first kappa shape index (κ1) is 15.8. The van der Waals surface area contributed by atoms with Gasteiger partial charge in [-0.3, -0.25) is 0 Å². The van der Waals surface area contributed by atoms with Crippen LogP contribution in [0.1, 0.15) is 13.8 Å². The quantitative estimate of drug-likeness (QED) is 0.810. The molecule has 6 heteroatoms. The highest BCUT2D eigenvalue weighted by molar-refractivity contribution is 5.89. The van der Waals surface area contributed by atoms with Gasteiger partial charge in [0, 0.05) is 24.8 Å². The van der Waals surface area contributed by atoms with E-state index >= 15 is 0 Å². The maximum absolute atomic E-state index is 11.9. The van der Waals surface area contributed by atoms with Gasteiger partial charge in [-0.1, -0.05) is 6.07 Å². The van der Waals surface area contributed by atoms with Gasteiger partial charge < -0.3 is 19.7 Å². The summed E-state index contributed by atoms with van der Waals surface area (Å²) in [5.41, 5.74) is 0.615. The number of esters is 1. The van der Waals surface area contributed by atoms with Crippen LogP contribution in [0.25, 0.3) is 0 Å². The number of amides is 2. The summed E-state index contributed by atoms with van der Waals surface area (Å²) in [6, 6.07) is 6.69. The van der Waals surface area contributed by atoms with Crippen molar-refractivity contribution in [3.05, 3.63) is 24.3 Å². The van der Waals surface area contributed by atoms with Crippen molar-refractivity contribution >= 4 is 17.7 Å². The van der Waals surface area contributed by atoms with Gasteiger partial charge in [-0.25, -0.2) is 9.59 Å². The number of nitrogens with zero attached hydrogens (tertiary/aromatic N) is 1. The summed E-state index contributed by atoms with van der Waals surface area (Å²) in [5, 5.41) is 2.78. The SMILES string of the molecule is CCN(CC)C(=O)Nc1cccc(OCC(=O)OC)c1. The van der Waals surface area contributed by atoms with E-state index in [4.69, 9.17) is 4.74 Å². The highest BCUT2D eigenvalue weighted by atomic mass is 16.6. The van der Waals surface area contributed by atoms with Crippen molar-refractivity contribution in [1.82, 2.24) is 4.90 Å². The molecule has 0 radical (unpaired) electrons. The van der Waals surface area contributed by atoms with Gasteiger partial charge in [-0.15, -0.1) is 0 Å². The van der Waals surface area contributed by atoms with Crippen molar-refractivity contribution in [2.75, 3.05) is 32.1 Å². The average Bonchev–Trinajstić information content (AvgIpc) is 2.46. The molecular weight excluding hydrogens is 260 g/mol. The Labute approximate surface area is 118 Å². The number of nitrogens with one attached hydrogen (secondary N) is 1. The molecule has 1 aromatic rings. The molecule has 0 bridgehead atoms. The molecule has 6 nitrogen and oxygen atoms in total. The van der Waals surface area contributed by atoms with Crippen LogP contribution in [0.3, 0.4) is 0 Å². The lowest BCUT2D eigenvalue weighted by Crippen LogP contribution is -2.34. The number of carbonyl (C=O) groups is 2. The van der Waals surface area contributed by atoms with Gasteiger partial charge in [0.05, 0.1) is 7.11 Å². The number of rotatable bonds is 6. The molecule has 1 N–H and O–H groups in total. The molecule has 0 saturated heterocycles. The number of methoxy groups -OCH3 is 1. The van der Waals surface area contributed by atoms with Crippen LogP contribution < -0.4 is 10.1 Å². The molecule has 0 saturated carbocycles. The minimum atomic E-state index is -0.456. The van der Waals surface area contributed by atoms with E-state index in [2.05, 4.69) is 10.1 Å². The fraction of sp³-hybridized carbons (Fsp3) is 0.429. The number of anilines is 1. The summed E-state index contributed by atoms with van der Waals surface area (Å²) >= 11 is 0. The summed E-state index contributed by atoms with van der Waals surface area (Å²) in [6.07, 6.45) is 0. The van der Waals surface area contributed by atoms with Gasteiger partial charge in [0.25, 0.3) is 0 Å². The molecule has 0 aliphatic rings. The summed E-state index contributed by atoms with van der Waals surface area (Å²) < 4.78 is 9.74. The molecule has 0 fully saturated rings. The molecule has 0 aromatic heterocycles. The van der Waals surface area contributed by atoms with Gasteiger partial charge in [0.15, 0.2) is 6.61 Å². The second kappa shape index (κ2) is 8.04. The maximum atomic E-state index is 11.9. The Morgan fingerprint density at radius 2 is 1.95 bits per heavy atom. The first-order valence-electron chi connectivity index (χ1n) is 6.46. The van der Waals surface area contributed by atoms with Crippen LogP contribution in [-0.2, 0) is 9.53 Å². The van der Waals surface area contributed by atoms with Crippen molar-refractivity contribution in [2.45, 2.75) is 13.8 Å². The van der Waals surface area contributed by atoms with Gasteiger partial charge in [-0.05, 0) is 26.0 Å². The molecule has 0 aliphatic heterocycles. The third-order valence-electron chi connectivity index (χ3n) is 2.72. The smallest absolute Gasteiger partial charge is 0.343 e.